The summed E-state index contributed by atoms with van der Waals surface area (Å²) in [6, 6.07) is 14.2. The van der Waals surface area contributed by atoms with E-state index in [9.17, 15) is 0 Å². The largest absolute Gasteiger partial charge is 0.303 e. The number of benzene rings is 1. The van der Waals surface area contributed by atoms with Gasteiger partial charge in [0.2, 0.25) is 0 Å². The van der Waals surface area contributed by atoms with Crippen molar-refractivity contribution >= 4 is 27.8 Å². The Labute approximate surface area is 144 Å². The Bertz CT molecular complexity index is 864. The maximum atomic E-state index is 4.65. The van der Waals surface area contributed by atoms with E-state index in [-0.39, 0.29) is 0 Å². The highest BCUT2D eigenvalue weighted by Crippen LogP contribution is 2.24. The van der Waals surface area contributed by atoms with Gasteiger partial charge in [-0.25, -0.2) is 4.98 Å². The van der Waals surface area contributed by atoms with Crippen LogP contribution in [0.15, 0.2) is 58.1 Å². The van der Waals surface area contributed by atoms with Crippen LogP contribution in [0.3, 0.4) is 0 Å². The number of rotatable bonds is 3. The second-order valence-corrected chi connectivity index (χ2v) is 6.45. The van der Waals surface area contributed by atoms with Crippen molar-refractivity contribution in [1.82, 2.24) is 9.55 Å². The Morgan fingerprint density at radius 1 is 1.09 bits per heavy atom. The van der Waals surface area contributed by atoms with E-state index in [2.05, 4.69) is 63.4 Å². The standard InChI is InChI=1S/C19H18BrN3/c1-13-10-17(20)7-8-18(13)22-12-16-11-14(2)23(15(16)3)19-6-4-5-9-21-19/h4-12H,1-3H3. The first-order valence-corrected chi connectivity index (χ1v) is 8.26. The molecule has 0 aliphatic heterocycles. The zero-order valence-corrected chi connectivity index (χ0v) is 15.0. The summed E-state index contributed by atoms with van der Waals surface area (Å²) in [4.78, 5) is 9.09. The third-order valence-electron chi connectivity index (χ3n) is 3.85. The first-order chi connectivity index (χ1) is 11.1. The minimum atomic E-state index is 0.932. The first kappa shape index (κ1) is 15.7. The lowest BCUT2D eigenvalue weighted by Gasteiger charge is -2.07. The van der Waals surface area contributed by atoms with Crippen LogP contribution in [-0.4, -0.2) is 15.8 Å². The van der Waals surface area contributed by atoms with E-state index in [0.717, 1.165) is 38.5 Å². The summed E-state index contributed by atoms with van der Waals surface area (Å²) < 4.78 is 3.22. The van der Waals surface area contributed by atoms with Crippen LogP contribution in [0.5, 0.6) is 0 Å². The number of hydrogen-bond donors (Lipinski definition) is 0. The van der Waals surface area contributed by atoms with Gasteiger partial charge in [-0.15, -0.1) is 0 Å². The summed E-state index contributed by atoms with van der Waals surface area (Å²) in [6.07, 6.45) is 3.74. The highest BCUT2D eigenvalue weighted by Gasteiger charge is 2.09. The predicted octanol–water partition coefficient (Wildman–Crippen LogP) is 5.31. The number of aliphatic imine (C=N–C) groups is 1. The molecule has 0 amide bonds. The predicted molar refractivity (Wildman–Crippen MR) is 99.2 cm³/mol. The van der Waals surface area contributed by atoms with Crippen molar-refractivity contribution in [2.45, 2.75) is 20.8 Å². The minimum absolute atomic E-state index is 0.932. The van der Waals surface area contributed by atoms with Gasteiger partial charge in [-0.1, -0.05) is 22.0 Å². The Morgan fingerprint density at radius 3 is 2.61 bits per heavy atom. The van der Waals surface area contributed by atoms with E-state index >= 15 is 0 Å². The third kappa shape index (κ3) is 3.27. The molecule has 0 fully saturated rings. The van der Waals surface area contributed by atoms with Gasteiger partial charge in [0.25, 0.3) is 0 Å². The lowest BCUT2D eigenvalue weighted by atomic mass is 10.2. The molecule has 0 saturated heterocycles. The molecule has 23 heavy (non-hydrogen) atoms. The van der Waals surface area contributed by atoms with Gasteiger partial charge in [-0.05, 0) is 62.7 Å². The Balaban J connectivity index is 1.97. The summed E-state index contributed by atoms with van der Waals surface area (Å²) in [6.45, 7) is 6.25. The topological polar surface area (TPSA) is 30.2 Å². The molecule has 3 nitrogen and oxygen atoms in total. The van der Waals surface area contributed by atoms with Crippen molar-refractivity contribution in [1.29, 1.82) is 0 Å². The van der Waals surface area contributed by atoms with Crippen molar-refractivity contribution < 1.29 is 0 Å². The molecule has 3 rings (SSSR count). The van der Waals surface area contributed by atoms with Gasteiger partial charge in [-0.3, -0.25) is 4.99 Å². The maximum absolute atomic E-state index is 4.65. The summed E-state index contributed by atoms with van der Waals surface area (Å²) in [5.41, 5.74) is 5.52. The van der Waals surface area contributed by atoms with Gasteiger partial charge in [0.1, 0.15) is 5.82 Å². The smallest absolute Gasteiger partial charge is 0.136 e. The van der Waals surface area contributed by atoms with Crippen LogP contribution < -0.4 is 0 Å². The lowest BCUT2D eigenvalue weighted by molar-refractivity contribution is 0.921. The molecule has 0 saturated carbocycles. The SMILES string of the molecule is Cc1cc(Br)ccc1N=Cc1cc(C)n(-c2ccccn2)c1C. The van der Waals surface area contributed by atoms with Gasteiger partial charge in [0.15, 0.2) is 0 Å². The number of halogens is 1. The Morgan fingerprint density at radius 2 is 1.91 bits per heavy atom. The highest BCUT2D eigenvalue weighted by molar-refractivity contribution is 9.10. The Kier molecular flexibility index (Phi) is 4.44. The van der Waals surface area contributed by atoms with Gasteiger partial charge < -0.3 is 4.57 Å². The lowest BCUT2D eigenvalue weighted by Crippen LogP contribution is -2.01. The van der Waals surface area contributed by atoms with Gasteiger partial charge in [0.05, 0.1) is 5.69 Å². The molecule has 0 atom stereocenters. The van der Waals surface area contributed by atoms with Gasteiger partial charge >= 0.3 is 0 Å². The zero-order valence-electron chi connectivity index (χ0n) is 13.4. The summed E-state index contributed by atoms with van der Waals surface area (Å²) >= 11 is 3.48. The van der Waals surface area contributed by atoms with Crippen LogP contribution in [0.4, 0.5) is 5.69 Å². The molecule has 1 aromatic carbocycles. The molecule has 4 heteroatoms. The van der Waals surface area contributed by atoms with Crippen molar-refractivity contribution in [2.75, 3.05) is 0 Å². The Hall–Kier alpha value is -2.20. The first-order valence-electron chi connectivity index (χ1n) is 7.47. The van der Waals surface area contributed by atoms with Crippen molar-refractivity contribution in [3.63, 3.8) is 0 Å². The third-order valence-corrected chi connectivity index (χ3v) is 4.34. The maximum Gasteiger partial charge on any atom is 0.136 e. The molecule has 116 valence electrons. The molecule has 0 unspecified atom stereocenters. The van der Waals surface area contributed by atoms with Crippen LogP contribution in [-0.2, 0) is 0 Å². The number of aromatic nitrogens is 2. The molecule has 2 aromatic heterocycles. The number of hydrogen-bond acceptors (Lipinski definition) is 2. The zero-order chi connectivity index (χ0) is 16.4. The van der Waals surface area contributed by atoms with E-state index in [0.29, 0.717) is 0 Å². The molecule has 0 bridgehead atoms. The summed E-state index contributed by atoms with van der Waals surface area (Å²) in [5.74, 6) is 0.932. The van der Waals surface area contributed by atoms with Crippen molar-refractivity contribution in [2.24, 2.45) is 4.99 Å². The number of aryl methyl sites for hydroxylation is 2. The molecule has 3 aromatic rings. The molecule has 0 spiro atoms. The molecule has 0 aliphatic carbocycles. The summed E-state index contributed by atoms with van der Waals surface area (Å²) in [5, 5.41) is 0. The van der Waals surface area contributed by atoms with E-state index in [1.54, 1.807) is 0 Å². The van der Waals surface area contributed by atoms with Gasteiger partial charge in [-0.2, -0.15) is 0 Å². The van der Waals surface area contributed by atoms with Crippen LogP contribution in [0, 0.1) is 20.8 Å². The fourth-order valence-corrected chi connectivity index (χ4v) is 3.14. The monoisotopic (exact) mass is 367 g/mol. The van der Waals surface area contributed by atoms with Crippen LogP contribution >= 0.6 is 15.9 Å². The average Bonchev–Trinajstić information content (AvgIpc) is 2.81. The average molecular weight is 368 g/mol. The van der Waals surface area contributed by atoms with Crippen LogP contribution in [0.2, 0.25) is 0 Å². The number of pyridine rings is 1. The van der Waals surface area contributed by atoms with Crippen molar-refractivity contribution in [3.05, 3.63) is 75.6 Å². The van der Waals surface area contributed by atoms with E-state index < -0.39 is 0 Å². The second-order valence-electron chi connectivity index (χ2n) is 5.54. The number of nitrogens with zero attached hydrogens (tertiary/aromatic N) is 3. The van der Waals surface area contributed by atoms with Gasteiger partial charge in [0, 0.05) is 33.8 Å². The molecule has 0 radical (unpaired) electrons. The molecular weight excluding hydrogens is 350 g/mol. The molecule has 0 N–H and O–H groups in total. The van der Waals surface area contributed by atoms with E-state index in [1.807, 2.05) is 42.7 Å². The second kappa shape index (κ2) is 6.50. The van der Waals surface area contributed by atoms with Crippen molar-refractivity contribution in [3.8, 4) is 5.82 Å². The molecule has 0 aliphatic rings. The van der Waals surface area contributed by atoms with Crippen LogP contribution in [0.1, 0.15) is 22.5 Å². The molecule has 2 heterocycles. The minimum Gasteiger partial charge on any atom is -0.303 e. The van der Waals surface area contributed by atoms with E-state index in [4.69, 9.17) is 0 Å². The van der Waals surface area contributed by atoms with Crippen LogP contribution in [0.25, 0.3) is 5.82 Å². The van der Waals surface area contributed by atoms with E-state index in [1.165, 1.54) is 0 Å². The normalized spacial score (nSPS) is 11.3. The molecular formula is C19H18BrN3. The fraction of sp³-hybridized carbons (Fsp3) is 0.158. The fourth-order valence-electron chi connectivity index (χ4n) is 2.66. The summed E-state index contributed by atoms with van der Waals surface area (Å²) in [7, 11) is 0. The quantitative estimate of drug-likeness (QED) is 0.576. The highest BCUT2D eigenvalue weighted by atomic mass is 79.9.